The molecule has 1 saturated heterocycles. The summed E-state index contributed by atoms with van der Waals surface area (Å²) in [5.74, 6) is -0.890. The largest absolute Gasteiger partial charge is 0.481 e. The van der Waals surface area contributed by atoms with Crippen LogP contribution in [0.15, 0.2) is 28.7 Å². The molecular formula is C17H20BrNO3. The highest BCUT2D eigenvalue weighted by Crippen LogP contribution is 2.50. The summed E-state index contributed by atoms with van der Waals surface area (Å²) in [6.07, 6.45) is 2.37. The first-order valence-corrected chi connectivity index (χ1v) is 8.50. The van der Waals surface area contributed by atoms with E-state index in [1.54, 1.807) is 4.90 Å². The predicted molar refractivity (Wildman–Crippen MR) is 86.5 cm³/mol. The number of carboxylic acids is 1. The molecule has 0 aromatic heterocycles. The Morgan fingerprint density at radius 2 is 1.86 bits per heavy atom. The second-order valence-electron chi connectivity index (χ2n) is 6.68. The summed E-state index contributed by atoms with van der Waals surface area (Å²) < 4.78 is 0.997. The lowest BCUT2D eigenvalue weighted by Crippen LogP contribution is -2.49. The van der Waals surface area contributed by atoms with E-state index in [-0.39, 0.29) is 11.8 Å². The normalized spacial score (nSPS) is 26.5. The Morgan fingerprint density at radius 1 is 1.23 bits per heavy atom. The molecule has 2 unspecified atom stereocenters. The van der Waals surface area contributed by atoms with Gasteiger partial charge < -0.3 is 10.0 Å². The van der Waals surface area contributed by atoms with Crippen LogP contribution in [-0.2, 0) is 15.0 Å². The number of nitrogens with zero attached hydrogens (tertiary/aromatic N) is 1. The fourth-order valence-corrected chi connectivity index (χ4v) is 3.78. The summed E-state index contributed by atoms with van der Waals surface area (Å²) in [5, 5.41) is 9.28. The molecule has 2 atom stereocenters. The molecule has 1 amide bonds. The van der Waals surface area contributed by atoms with Crippen molar-refractivity contribution in [3.05, 3.63) is 34.3 Å². The van der Waals surface area contributed by atoms with Crippen LogP contribution in [0.1, 0.15) is 31.7 Å². The lowest BCUT2D eigenvalue weighted by molar-refractivity contribution is -0.147. The monoisotopic (exact) mass is 365 g/mol. The molecule has 1 aliphatic heterocycles. The molecule has 1 saturated carbocycles. The molecular weight excluding hydrogens is 346 g/mol. The number of piperidine rings is 1. The van der Waals surface area contributed by atoms with Crippen LogP contribution in [0.2, 0.25) is 0 Å². The summed E-state index contributed by atoms with van der Waals surface area (Å²) in [4.78, 5) is 26.1. The SMILES string of the molecule is CC1CC(C(=O)O)CN(C(=O)C2(c3ccc(Br)cc3)CC2)C1. The number of aliphatic carboxylic acids is 1. The lowest BCUT2D eigenvalue weighted by atomic mass is 9.87. The molecule has 118 valence electrons. The number of carbonyl (C=O) groups excluding carboxylic acids is 1. The van der Waals surface area contributed by atoms with Crippen LogP contribution in [0, 0.1) is 11.8 Å². The van der Waals surface area contributed by atoms with E-state index in [0.29, 0.717) is 19.5 Å². The van der Waals surface area contributed by atoms with Crippen molar-refractivity contribution in [1.82, 2.24) is 4.90 Å². The number of halogens is 1. The van der Waals surface area contributed by atoms with Crippen molar-refractivity contribution in [1.29, 1.82) is 0 Å². The van der Waals surface area contributed by atoms with Crippen LogP contribution in [-0.4, -0.2) is 35.0 Å². The van der Waals surface area contributed by atoms with Crippen LogP contribution in [0.4, 0.5) is 0 Å². The molecule has 1 N–H and O–H groups in total. The number of carbonyl (C=O) groups is 2. The maximum Gasteiger partial charge on any atom is 0.308 e. The van der Waals surface area contributed by atoms with Crippen molar-refractivity contribution in [3.63, 3.8) is 0 Å². The fraction of sp³-hybridized carbons (Fsp3) is 0.529. The first-order valence-electron chi connectivity index (χ1n) is 7.70. The summed E-state index contributed by atoms with van der Waals surface area (Å²) in [6, 6.07) is 7.91. The van der Waals surface area contributed by atoms with E-state index in [0.717, 1.165) is 22.9 Å². The third-order valence-corrected chi connectivity index (χ3v) is 5.38. The van der Waals surface area contributed by atoms with Gasteiger partial charge in [0, 0.05) is 17.6 Å². The zero-order valence-electron chi connectivity index (χ0n) is 12.6. The van der Waals surface area contributed by atoms with Crippen molar-refractivity contribution >= 4 is 27.8 Å². The van der Waals surface area contributed by atoms with E-state index >= 15 is 0 Å². The molecule has 1 aliphatic carbocycles. The zero-order chi connectivity index (χ0) is 15.9. The van der Waals surface area contributed by atoms with Gasteiger partial charge in [0.05, 0.1) is 11.3 Å². The van der Waals surface area contributed by atoms with Gasteiger partial charge in [-0.1, -0.05) is 35.0 Å². The fourth-order valence-electron chi connectivity index (χ4n) is 3.52. The van der Waals surface area contributed by atoms with Crippen LogP contribution >= 0.6 is 15.9 Å². The smallest absolute Gasteiger partial charge is 0.308 e. The average molecular weight is 366 g/mol. The summed E-state index contributed by atoms with van der Waals surface area (Å²) in [5.41, 5.74) is 0.631. The number of carboxylic acid groups (broad SMARTS) is 1. The Kier molecular flexibility index (Phi) is 4.02. The van der Waals surface area contributed by atoms with Gasteiger partial charge in [-0.15, -0.1) is 0 Å². The molecule has 2 aliphatic rings. The third-order valence-electron chi connectivity index (χ3n) is 4.85. The number of rotatable bonds is 3. The Morgan fingerprint density at radius 3 is 2.41 bits per heavy atom. The standard InChI is InChI=1S/C17H20BrNO3/c1-11-8-12(15(20)21)10-19(9-11)16(22)17(6-7-17)13-2-4-14(18)5-3-13/h2-5,11-12H,6-10H2,1H3,(H,20,21). The number of amides is 1. The highest BCUT2D eigenvalue weighted by molar-refractivity contribution is 9.10. The van der Waals surface area contributed by atoms with Gasteiger partial charge in [0.2, 0.25) is 5.91 Å². The Bertz CT molecular complexity index is 594. The van der Waals surface area contributed by atoms with Gasteiger partial charge in [0.25, 0.3) is 0 Å². The predicted octanol–water partition coefficient (Wildman–Crippen LogP) is 3.05. The first kappa shape index (κ1) is 15.5. The first-order chi connectivity index (χ1) is 10.4. The minimum Gasteiger partial charge on any atom is -0.481 e. The van der Waals surface area contributed by atoms with E-state index in [1.165, 1.54) is 0 Å². The van der Waals surface area contributed by atoms with Gasteiger partial charge >= 0.3 is 5.97 Å². The van der Waals surface area contributed by atoms with Crippen LogP contribution in [0.5, 0.6) is 0 Å². The topological polar surface area (TPSA) is 57.6 Å². The van der Waals surface area contributed by atoms with Crippen LogP contribution < -0.4 is 0 Å². The van der Waals surface area contributed by atoms with Crippen molar-refractivity contribution in [3.8, 4) is 0 Å². The minimum absolute atomic E-state index is 0.104. The van der Waals surface area contributed by atoms with Crippen LogP contribution in [0.25, 0.3) is 0 Å². The lowest BCUT2D eigenvalue weighted by Gasteiger charge is -2.37. The second kappa shape index (κ2) is 5.69. The van der Waals surface area contributed by atoms with E-state index in [4.69, 9.17) is 0 Å². The van der Waals surface area contributed by atoms with Crippen molar-refractivity contribution in [2.45, 2.75) is 31.6 Å². The summed E-state index contributed by atoms with van der Waals surface area (Å²) in [6.45, 7) is 3.03. The van der Waals surface area contributed by atoms with E-state index in [2.05, 4.69) is 15.9 Å². The van der Waals surface area contributed by atoms with E-state index in [1.807, 2.05) is 31.2 Å². The van der Waals surface area contributed by atoms with Gasteiger partial charge in [-0.25, -0.2) is 0 Å². The van der Waals surface area contributed by atoms with Crippen molar-refractivity contribution < 1.29 is 14.7 Å². The number of benzene rings is 1. The molecule has 3 rings (SSSR count). The molecule has 2 fully saturated rings. The molecule has 0 spiro atoms. The number of hydrogen-bond acceptors (Lipinski definition) is 2. The van der Waals surface area contributed by atoms with Gasteiger partial charge in [0.15, 0.2) is 0 Å². The molecule has 4 nitrogen and oxygen atoms in total. The summed E-state index contributed by atoms with van der Waals surface area (Å²) >= 11 is 3.42. The Balaban J connectivity index is 1.81. The highest BCUT2D eigenvalue weighted by atomic mass is 79.9. The van der Waals surface area contributed by atoms with E-state index < -0.39 is 17.3 Å². The quantitative estimate of drug-likeness (QED) is 0.895. The van der Waals surface area contributed by atoms with E-state index in [9.17, 15) is 14.7 Å². The van der Waals surface area contributed by atoms with Gasteiger partial charge in [-0.2, -0.15) is 0 Å². The zero-order valence-corrected chi connectivity index (χ0v) is 14.2. The van der Waals surface area contributed by atoms with Crippen LogP contribution in [0.3, 0.4) is 0 Å². The van der Waals surface area contributed by atoms with Crippen molar-refractivity contribution in [2.75, 3.05) is 13.1 Å². The Hall–Kier alpha value is -1.36. The van der Waals surface area contributed by atoms with Gasteiger partial charge in [-0.3, -0.25) is 9.59 Å². The molecule has 1 aromatic rings. The van der Waals surface area contributed by atoms with Gasteiger partial charge in [0.1, 0.15) is 0 Å². The molecule has 5 heteroatoms. The molecule has 0 radical (unpaired) electrons. The maximum absolute atomic E-state index is 13.0. The average Bonchev–Trinajstić information content (AvgIpc) is 3.28. The van der Waals surface area contributed by atoms with Gasteiger partial charge in [-0.05, 0) is 42.9 Å². The maximum atomic E-state index is 13.0. The molecule has 1 aromatic carbocycles. The molecule has 22 heavy (non-hydrogen) atoms. The Labute approximate surface area is 138 Å². The molecule has 1 heterocycles. The number of hydrogen-bond donors (Lipinski definition) is 1. The highest BCUT2D eigenvalue weighted by Gasteiger charge is 2.53. The molecule has 0 bridgehead atoms. The minimum atomic E-state index is -0.794. The summed E-state index contributed by atoms with van der Waals surface area (Å²) in [7, 11) is 0. The third kappa shape index (κ3) is 2.78. The number of likely N-dealkylation sites (tertiary alicyclic amines) is 1. The second-order valence-corrected chi connectivity index (χ2v) is 7.59. The van der Waals surface area contributed by atoms with Crippen molar-refractivity contribution in [2.24, 2.45) is 11.8 Å².